The standard InChI is InChI=1S/C16H31F3N4O2S/c1-3-5-6-7-10-21-15(20-4-2)22-13-14-8-11-23(12-9-14)26(24,25)16(17,18)19/h14H,3-13H2,1-2H3,(H2,20,21,22). The maximum atomic E-state index is 12.6. The number of halogens is 3. The molecular formula is C16H31F3N4O2S. The number of rotatable bonds is 9. The van der Waals surface area contributed by atoms with Crippen molar-refractivity contribution in [2.75, 3.05) is 32.7 Å². The molecule has 0 aliphatic carbocycles. The van der Waals surface area contributed by atoms with Crippen molar-refractivity contribution in [3.05, 3.63) is 0 Å². The van der Waals surface area contributed by atoms with Crippen LogP contribution in [0, 0.1) is 5.92 Å². The Bertz CT molecular complexity index is 530. The molecule has 0 amide bonds. The predicted octanol–water partition coefficient (Wildman–Crippen LogP) is 2.68. The minimum Gasteiger partial charge on any atom is -0.357 e. The van der Waals surface area contributed by atoms with Crippen LogP contribution < -0.4 is 10.6 Å². The van der Waals surface area contributed by atoms with Gasteiger partial charge in [-0.3, -0.25) is 4.99 Å². The summed E-state index contributed by atoms with van der Waals surface area (Å²) in [6.07, 6.45) is 5.37. The zero-order valence-electron chi connectivity index (χ0n) is 15.6. The van der Waals surface area contributed by atoms with E-state index in [0.29, 0.717) is 29.7 Å². The SMILES string of the molecule is CCCCCCNC(=NCC1CCN(S(=O)(=O)C(F)(F)F)CC1)NCC. The zero-order valence-corrected chi connectivity index (χ0v) is 16.4. The Morgan fingerprint density at radius 2 is 1.77 bits per heavy atom. The van der Waals surface area contributed by atoms with Gasteiger partial charge in [0.15, 0.2) is 5.96 Å². The maximum absolute atomic E-state index is 12.6. The van der Waals surface area contributed by atoms with Crippen LogP contribution in [0.5, 0.6) is 0 Å². The average Bonchev–Trinajstić information content (AvgIpc) is 2.58. The first-order valence-corrected chi connectivity index (χ1v) is 10.7. The van der Waals surface area contributed by atoms with E-state index in [1.807, 2.05) is 6.92 Å². The number of piperidine rings is 1. The quantitative estimate of drug-likeness (QED) is 0.355. The number of aliphatic imine (C=N–C) groups is 1. The summed E-state index contributed by atoms with van der Waals surface area (Å²) in [5, 5.41) is 6.41. The summed E-state index contributed by atoms with van der Waals surface area (Å²) in [4.78, 5) is 4.50. The smallest absolute Gasteiger partial charge is 0.357 e. The molecule has 1 rings (SSSR count). The van der Waals surface area contributed by atoms with Crippen molar-refractivity contribution in [1.29, 1.82) is 0 Å². The van der Waals surface area contributed by atoms with Gasteiger partial charge in [-0.25, -0.2) is 8.42 Å². The zero-order chi connectivity index (χ0) is 19.6. The maximum Gasteiger partial charge on any atom is 0.511 e. The lowest BCUT2D eigenvalue weighted by atomic mass is 9.98. The fraction of sp³-hybridized carbons (Fsp3) is 0.938. The average molecular weight is 401 g/mol. The summed E-state index contributed by atoms with van der Waals surface area (Å²) >= 11 is 0. The molecule has 0 atom stereocenters. The molecule has 0 bridgehead atoms. The van der Waals surface area contributed by atoms with Gasteiger partial charge in [-0.2, -0.15) is 17.5 Å². The van der Waals surface area contributed by atoms with Gasteiger partial charge in [-0.05, 0) is 32.1 Å². The number of hydrogen-bond acceptors (Lipinski definition) is 3. The molecule has 1 fully saturated rings. The minimum absolute atomic E-state index is 0.0882. The Kier molecular flexibility index (Phi) is 9.70. The third kappa shape index (κ3) is 7.30. The number of nitrogens with one attached hydrogen (secondary N) is 2. The number of nitrogens with zero attached hydrogens (tertiary/aromatic N) is 2. The first kappa shape index (κ1) is 23.0. The number of sulfonamides is 1. The fourth-order valence-corrected chi connectivity index (χ4v) is 3.78. The second-order valence-electron chi connectivity index (χ2n) is 6.50. The summed E-state index contributed by atoms with van der Waals surface area (Å²) in [7, 11) is -5.21. The van der Waals surface area contributed by atoms with E-state index in [4.69, 9.17) is 0 Å². The molecule has 1 aliphatic heterocycles. The van der Waals surface area contributed by atoms with Crippen LogP contribution in [0.2, 0.25) is 0 Å². The van der Waals surface area contributed by atoms with Gasteiger partial charge in [-0.15, -0.1) is 0 Å². The Balaban J connectivity index is 2.45. The van der Waals surface area contributed by atoms with E-state index in [9.17, 15) is 21.6 Å². The van der Waals surface area contributed by atoms with Crippen molar-refractivity contribution in [3.8, 4) is 0 Å². The molecule has 0 unspecified atom stereocenters. The molecule has 1 heterocycles. The van der Waals surface area contributed by atoms with Gasteiger partial charge in [0.1, 0.15) is 0 Å². The van der Waals surface area contributed by atoms with Crippen LogP contribution in [0.4, 0.5) is 13.2 Å². The summed E-state index contributed by atoms with van der Waals surface area (Å²) in [6, 6.07) is 0. The van der Waals surface area contributed by atoms with Crippen LogP contribution in [-0.2, 0) is 10.0 Å². The van der Waals surface area contributed by atoms with Crippen molar-refractivity contribution in [1.82, 2.24) is 14.9 Å². The van der Waals surface area contributed by atoms with Gasteiger partial charge in [0.25, 0.3) is 0 Å². The first-order valence-electron chi connectivity index (χ1n) is 9.31. The molecule has 2 N–H and O–H groups in total. The Morgan fingerprint density at radius 1 is 1.12 bits per heavy atom. The van der Waals surface area contributed by atoms with E-state index in [0.717, 1.165) is 25.9 Å². The largest absolute Gasteiger partial charge is 0.511 e. The molecule has 154 valence electrons. The summed E-state index contributed by atoms with van der Waals surface area (Å²) < 4.78 is 61.1. The normalized spacial score (nSPS) is 18.1. The van der Waals surface area contributed by atoms with Crippen LogP contribution in [0.15, 0.2) is 4.99 Å². The van der Waals surface area contributed by atoms with E-state index in [-0.39, 0.29) is 19.0 Å². The Morgan fingerprint density at radius 3 is 2.31 bits per heavy atom. The molecule has 0 radical (unpaired) electrons. The van der Waals surface area contributed by atoms with E-state index in [1.165, 1.54) is 12.8 Å². The van der Waals surface area contributed by atoms with Gasteiger partial charge in [0.2, 0.25) is 0 Å². The Hall–Kier alpha value is -1.03. The van der Waals surface area contributed by atoms with Gasteiger partial charge >= 0.3 is 15.5 Å². The lowest BCUT2D eigenvalue weighted by molar-refractivity contribution is -0.0496. The van der Waals surface area contributed by atoms with Gasteiger partial charge in [-0.1, -0.05) is 26.2 Å². The molecule has 1 aliphatic rings. The lowest BCUT2D eigenvalue weighted by Crippen LogP contribution is -2.45. The monoisotopic (exact) mass is 400 g/mol. The molecule has 0 saturated carbocycles. The highest BCUT2D eigenvalue weighted by atomic mass is 32.2. The van der Waals surface area contributed by atoms with Crippen molar-refractivity contribution < 1.29 is 21.6 Å². The molecule has 26 heavy (non-hydrogen) atoms. The topological polar surface area (TPSA) is 73.8 Å². The minimum atomic E-state index is -5.22. The highest BCUT2D eigenvalue weighted by molar-refractivity contribution is 7.90. The van der Waals surface area contributed by atoms with Gasteiger partial charge in [0, 0.05) is 32.7 Å². The van der Waals surface area contributed by atoms with Gasteiger partial charge < -0.3 is 10.6 Å². The summed E-state index contributed by atoms with van der Waals surface area (Å²) in [5.74, 6) is 0.791. The highest BCUT2D eigenvalue weighted by Crippen LogP contribution is 2.30. The van der Waals surface area contributed by atoms with Crippen LogP contribution >= 0.6 is 0 Å². The van der Waals surface area contributed by atoms with Crippen LogP contribution in [0.1, 0.15) is 52.4 Å². The fourth-order valence-electron chi connectivity index (χ4n) is 2.80. The van der Waals surface area contributed by atoms with Gasteiger partial charge in [0.05, 0.1) is 0 Å². The molecule has 1 saturated heterocycles. The van der Waals surface area contributed by atoms with E-state index in [2.05, 4.69) is 22.5 Å². The molecular weight excluding hydrogens is 369 g/mol. The molecule has 10 heteroatoms. The second-order valence-corrected chi connectivity index (χ2v) is 8.43. The molecule has 0 aromatic heterocycles. The first-order chi connectivity index (χ1) is 12.2. The van der Waals surface area contributed by atoms with Crippen LogP contribution in [-0.4, -0.2) is 56.9 Å². The number of unbranched alkanes of at least 4 members (excludes halogenated alkanes) is 3. The molecule has 0 aromatic rings. The van der Waals surface area contributed by atoms with Crippen LogP contribution in [0.25, 0.3) is 0 Å². The van der Waals surface area contributed by atoms with Crippen molar-refractivity contribution in [2.45, 2.75) is 57.9 Å². The molecule has 0 aromatic carbocycles. The third-order valence-corrected chi connectivity index (χ3v) is 6.01. The molecule has 6 nitrogen and oxygen atoms in total. The summed E-state index contributed by atoms with van der Waals surface area (Å²) in [6.45, 7) is 5.94. The summed E-state index contributed by atoms with van der Waals surface area (Å²) in [5.41, 5.74) is -5.22. The van der Waals surface area contributed by atoms with Crippen LogP contribution in [0.3, 0.4) is 0 Å². The number of hydrogen-bond donors (Lipinski definition) is 2. The Labute approximate surface area is 154 Å². The van der Waals surface area contributed by atoms with Crippen molar-refractivity contribution in [3.63, 3.8) is 0 Å². The number of alkyl halides is 3. The highest BCUT2D eigenvalue weighted by Gasteiger charge is 2.50. The van der Waals surface area contributed by atoms with E-state index in [1.54, 1.807) is 0 Å². The van der Waals surface area contributed by atoms with E-state index >= 15 is 0 Å². The van der Waals surface area contributed by atoms with Crippen molar-refractivity contribution >= 4 is 16.0 Å². The second kappa shape index (κ2) is 11.0. The predicted molar refractivity (Wildman–Crippen MR) is 97.4 cm³/mol. The molecule has 0 spiro atoms. The van der Waals surface area contributed by atoms with E-state index < -0.39 is 15.5 Å². The third-order valence-electron chi connectivity index (χ3n) is 4.38. The van der Waals surface area contributed by atoms with Crippen molar-refractivity contribution in [2.24, 2.45) is 10.9 Å². The number of guanidine groups is 1. The lowest BCUT2D eigenvalue weighted by Gasteiger charge is -2.30.